The molecule has 144 valence electrons. The number of ether oxygens (including phenoxy) is 1. The van der Waals surface area contributed by atoms with Crippen LogP contribution in [0.1, 0.15) is 20.8 Å². The summed E-state index contributed by atoms with van der Waals surface area (Å²) in [5.41, 5.74) is 2.08. The van der Waals surface area contributed by atoms with Gasteiger partial charge in [-0.2, -0.15) is 0 Å². The van der Waals surface area contributed by atoms with Crippen molar-refractivity contribution in [2.75, 3.05) is 13.7 Å². The summed E-state index contributed by atoms with van der Waals surface area (Å²) in [6.07, 6.45) is 1.48. The van der Waals surface area contributed by atoms with Gasteiger partial charge in [0.2, 0.25) is 0 Å². The number of hydrogen-bond acceptors (Lipinski definition) is 5. The van der Waals surface area contributed by atoms with Crippen LogP contribution in [0.25, 0.3) is 0 Å². The number of rotatable bonds is 7. The smallest absolute Gasteiger partial charge is 0.348 e. The maximum absolute atomic E-state index is 12.6. The molecule has 0 aliphatic carbocycles. The average Bonchev–Trinajstić information content (AvgIpc) is 2.74. The van der Waals surface area contributed by atoms with Crippen molar-refractivity contribution in [2.45, 2.75) is 19.4 Å². The number of nitrogens with zero attached hydrogens (tertiary/aromatic N) is 2. The number of carbonyl (C=O) groups excluding carboxylic acids is 1. The fourth-order valence-corrected chi connectivity index (χ4v) is 3.77. The molecule has 0 aliphatic rings. The van der Waals surface area contributed by atoms with Crippen molar-refractivity contribution in [1.82, 2.24) is 4.57 Å². The molecule has 0 atom stereocenters. The topological polar surface area (TPSA) is 60.7 Å². The van der Waals surface area contributed by atoms with Gasteiger partial charge in [0.15, 0.2) is 4.80 Å². The second kappa shape index (κ2) is 9.80. The van der Waals surface area contributed by atoms with Gasteiger partial charge in [0.05, 0.1) is 7.11 Å². The zero-order chi connectivity index (χ0) is 19.8. The molecule has 1 aromatic heterocycles. The Hall–Kier alpha value is -2.99. The zero-order valence-corrected chi connectivity index (χ0v) is 16.5. The molecule has 3 aromatic rings. The molecule has 0 aliphatic heterocycles. The van der Waals surface area contributed by atoms with Crippen LogP contribution in [0.5, 0.6) is 0 Å². The summed E-state index contributed by atoms with van der Waals surface area (Å²) in [5, 5.41) is 0. The third-order valence-electron chi connectivity index (χ3n) is 4.30. The van der Waals surface area contributed by atoms with Gasteiger partial charge in [0.25, 0.3) is 5.56 Å². The summed E-state index contributed by atoms with van der Waals surface area (Å²) in [4.78, 5) is 30.0. The van der Waals surface area contributed by atoms with Gasteiger partial charge in [-0.3, -0.25) is 14.4 Å². The Morgan fingerprint density at radius 3 is 2.21 bits per heavy atom. The predicted molar refractivity (Wildman–Crippen MR) is 111 cm³/mol. The Kier molecular flexibility index (Phi) is 6.92. The summed E-state index contributed by atoms with van der Waals surface area (Å²) < 4.78 is 6.40. The Bertz CT molecular complexity index is 1040. The molecule has 1 heterocycles. The van der Waals surface area contributed by atoms with Gasteiger partial charge in [-0.25, -0.2) is 4.79 Å². The van der Waals surface area contributed by atoms with E-state index < -0.39 is 5.97 Å². The molecule has 6 heteroatoms. The van der Waals surface area contributed by atoms with Crippen LogP contribution < -0.4 is 10.4 Å². The second-order valence-electron chi connectivity index (χ2n) is 6.23. The number of aryl methyl sites for hydroxylation is 1. The first-order valence-electron chi connectivity index (χ1n) is 9.09. The molecule has 0 radical (unpaired) electrons. The molecule has 0 saturated carbocycles. The maximum atomic E-state index is 12.6. The highest BCUT2D eigenvalue weighted by Crippen LogP contribution is 2.04. The quantitative estimate of drug-likeness (QED) is 0.579. The van der Waals surface area contributed by atoms with Gasteiger partial charge in [-0.1, -0.05) is 72.0 Å². The van der Waals surface area contributed by atoms with E-state index in [9.17, 15) is 9.59 Å². The fraction of sp³-hybridized carbons (Fsp3) is 0.227. The summed E-state index contributed by atoms with van der Waals surface area (Å²) in [5.74, 6) is -0.517. The van der Waals surface area contributed by atoms with Crippen molar-refractivity contribution in [3.8, 4) is 0 Å². The molecule has 2 aromatic carbocycles. The molecule has 0 bridgehead atoms. The molecule has 0 saturated heterocycles. The lowest BCUT2D eigenvalue weighted by molar-refractivity contribution is 0.0605. The first-order valence-corrected chi connectivity index (χ1v) is 9.90. The van der Waals surface area contributed by atoms with Crippen LogP contribution in [0, 0.1) is 0 Å². The third kappa shape index (κ3) is 5.27. The summed E-state index contributed by atoms with van der Waals surface area (Å²) in [6.45, 7) is 1.04. The van der Waals surface area contributed by atoms with Gasteiger partial charge < -0.3 is 4.74 Å². The van der Waals surface area contributed by atoms with E-state index in [1.54, 1.807) is 4.57 Å². The number of aromatic nitrogens is 1. The molecule has 0 N–H and O–H groups in total. The van der Waals surface area contributed by atoms with E-state index in [0.717, 1.165) is 12.0 Å². The van der Waals surface area contributed by atoms with E-state index >= 15 is 0 Å². The van der Waals surface area contributed by atoms with Gasteiger partial charge in [0.1, 0.15) is 4.88 Å². The van der Waals surface area contributed by atoms with Crippen LogP contribution in [-0.4, -0.2) is 24.2 Å². The van der Waals surface area contributed by atoms with Crippen molar-refractivity contribution in [3.63, 3.8) is 0 Å². The molecule has 5 nitrogen and oxygen atoms in total. The first kappa shape index (κ1) is 19.8. The Labute approximate surface area is 167 Å². The zero-order valence-electron chi connectivity index (χ0n) is 15.7. The van der Waals surface area contributed by atoms with Crippen molar-refractivity contribution in [2.24, 2.45) is 4.99 Å². The number of methoxy groups -OCH3 is 1. The monoisotopic (exact) mass is 394 g/mol. The number of esters is 1. The standard InChI is InChI=1S/C22H22N2O3S/c1-27-21(26)19-16-20(25)24(15-13-18-10-6-3-7-11-18)22(28-19)23-14-12-17-8-4-2-5-9-17/h2-11,16H,12-15H2,1H3. The normalized spacial score (nSPS) is 11.4. The lowest BCUT2D eigenvalue weighted by Gasteiger charge is -2.08. The molecule has 0 fully saturated rings. The summed E-state index contributed by atoms with van der Waals surface area (Å²) in [6, 6.07) is 21.4. The van der Waals surface area contributed by atoms with Crippen LogP contribution in [-0.2, 0) is 24.1 Å². The summed E-state index contributed by atoms with van der Waals surface area (Å²) >= 11 is 1.19. The molecular weight excluding hydrogens is 372 g/mol. The lowest BCUT2D eigenvalue weighted by atomic mass is 10.1. The fourth-order valence-electron chi connectivity index (χ4n) is 2.80. The van der Waals surface area contributed by atoms with E-state index in [1.165, 1.54) is 30.1 Å². The van der Waals surface area contributed by atoms with Gasteiger partial charge >= 0.3 is 5.97 Å². The Morgan fingerprint density at radius 1 is 1.00 bits per heavy atom. The number of carbonyl (C=O) groups is 1. The minimum Gasteiger partial charge on any atom is -0.465 e. The number of benzene rings is 2. The van der Waals surface area contributed by atoms with Crippen molar-refractivity contribution in [1.29, 1.82) is 0 Å². The van der Waals surface area contributed by atoms with Crippen LogP contribution in [0.4, 0.5) is 0 Å². The predicted octanol–water partition coefficient (Wildman–Crippen LogP) is 3.08. The van der Waals surface area contributed by atoms with E-state index in [1.807, 2.05) is 60.7 Å². The molecule has 0 unspecified atom stereocenters. The minimum atomic E-state index is -0.517. The van der Waals surface area contributed by atoms with E-state index in [4.69, 9.17) is 4.74 Å². The van der Waals surface area contributed by atoms with E-state index in [2.05, 4.69) is 4.99 Å². The van der Waals surface area contributed by atoms with E-state index in [-0.39, 0.29) is 10.4 Å². The Balaban J connectivity index is 1.89. The molecule has 0 spiro atoms. The summed E-state index contributed by atoms with van der Waals surface area (Å²) in [7, 11) is 1.31. The molecule has 28 heavy (non-hydrogen) atoms. The highest BCUT2D eigenvalue weighted by Gasteiger charge is 2.11. The van der Waals surface area contributed by atoms with Crippen LogP contribution in [0.2, 0.25) is 0 Å². The van der Waals surface area contributed by atoms with Crippen LogP contribution in [0.3, 0.4) is 0 Å². The molecule has 3 rings (SSSR count). The van der Waals surface area contributed by atoms with Crippen molar-refractivity contribution >= 4 is 17.3 Å². The highest BCUT2D eigenvalue weighted by molar-refractivity contribution is 7.11. The van der Waals surface area contributed by atoms with Gasteiger partial charge in [-0.15, -0.1) is 0 Å². The van der Waals surface area contributed by atoms with Crippen LogP contribution in [0.15, 0.2) is 76.5 Å². The SMILES string of the molecule is COC(=O)c1cc(=O)n(CCc2ccccc2)c(=NCCc2ccccc2)s1. The highest BCUT2D eigenvalue weighted by atomic mass is 32.1. The number of hydrogen-bond donors (Lipinski definition) is 0. The van der Waals surface area contributed by atoms with E-state index in [0.29, 0.717) is 24.3 Å². The average molecular weight is 394 g/mol. The molecular formula is C22H22N2O3S. The lowest BCUT2D eigenvalue weighted by Crippen LogP contribution is -2.33. The first-order chi connectivity index (χ1) is 13.7. The maximum Gasteiger partial charge on any atom is 0.348 e. The minimum absolute atomic E-state index is 0.242. The second-order valence-corrected chi connectivity index (χ2v) is 7.24. The van der Waals surface area contributed by atoms with Gasteiger partial charge in [-0.05, 0) is 24.0 Å². The van der Waals surface area contributed by atoms with Crippen molar-refractivity contribution in [3.05, 3.63) is 97.9 Å². The largest absolute Gasteiger partial charge is 0.465 e. The Morgan fingerprint density at radius 2 is 1.61 bits per heavy atom. The third-order valence-corrected chi connectivity index (χ3v) is 5.33. The van der Waals surface area contributed by atoms with Crippen LogP contribution >= 0.6 is 11.3 Å². The molecule has 0 amide bonds. The van der Waals surface area contributed by atoms with Gasteiger partial charge in [0, 0.05) is 19.2 Å². The van der Waals surface area contributed by atoms with Crippen molar-refractivity contribution < 1.29 is 9.53 Å².